The molecule has 0 saturated carbocycles. The summed E-state index contributed by atoms with van der Waals surface area (Å²) in [6.45, 7) is 1.75. The molecule has 0 atom stereocenters. The minimum atomic E-state index is -4.69. The maximum Gasteiger partial charge on any atom is 0.416 e. The van der Waals surface area contributed by atoms with Gasteiger partial charge in [0.2, 0.25) is 0 Å². The van der Waals surface area contributed by atoms with Crippen molar-refractivity contribution < 1.29 is 27.2 Å². The van der Waals surface area contributed by atoms with E-state index in [0.717, 1.165) is 6.07 Å². The number of alkyl halides is 3. The molecule has 1 aromatic heterocycles. The summed E-state index contributed by atoms with van der Waals surface area (Å²) >= 11 is 1.39. The lowest BCUT2D eigenvalue weighted by molar-refractivity contribution is -0.138. The number of nitrogens with zero attached hydrogens (tertiary/aromatic N) is 3. The van der Waals surface area contributed by atoms with Crippen molar-refractivity contribution in [2.45, 2.75) is 25.4 Å². The third-order valence-corrected chi connectivity index (χ3v) is 5.34. The molecule has 0 aliphatic rings. The van der Waals surface area contributed by atoms with E-state index in [1.54, 1.807) is 37.4 Å². The second kappa shape index (κ2) is 10.7. The molecule has 3 rings (SSSR count). The van der Waals surface area contributed by atoms with Crippen LogP contribution < -0.4 is 10.6 Å². The minimum absolute atomic E-state index is 0.0629. The van der Waals surface area contributed by atoms with Gasteiger partial charge in [0, 0.05) is 24.4 Å². The van der Waals surface area contributed by atoms with Gasteiger partial charge in [-0.3, -0.25) is 9.59 Å². The van der Waals surface area contributed by atoms with Crippen LogP contribution in [-0.4, -0.2) is 39.6 Å². The molecule has 0 radical (unpaired) electrons. The van der Waals surface area contributed by atoms with Crippen LogP contribution in [0.4, 0.5) is 17.6 Å². The number of amides is 2. The van der Waals surface area contributed by atoms with Crippen LogP contribution in [0, 0.1) is 5.82 Å². The molecule has 7 nitrogen and oxygen atoms in total. The van der Waals surface area contributed by atoms with Gasteiger partial charge in [0.15, 0.2) is 5.69 Å². The van der Waals surface area contributed by atoms with Crippen LogP contribution in [0.2, 0.25) is 0 Å². The highest BCUT2D eigenvalue weighted by molar-refractivity contribution is 7.97. The van der Waals surface area contributed by atoms with Crippen molar-refractivity contribution in [2.75, 3.05) is 12.8 Å². The number of hydrogen-bond donors (Lipinski definition) is 2. The maximum atomic E-state index is 13.5. The quantitative estimate of drug-likeness (QED) is 0.462. The Bertz CT molecular complexity index is 1180. The topological polar surface area (TPSA) is 88.9 Å². The fourth-order valence-corrected chi connectivity index (χ4v) is 3.74. The Hall–Kier alpha value is -3.41. The Labute approximate surface area is 196 Å². The van der Waals surface area contributed by atoms with Gasteiger partial charge in [-0.2, -0.15) is 24.9 Å². The van der Waals surface area contributed by atoms with Gasteiger partial charge in [-0.05, 0) is 61.2 Å². The smallest absolute Gasteiger partial charge is 0.352 e. The van der Waals surface area contributed by atoms with Crippen LogP contribution in [0.25, 0.3) is 5.69 Å². The number of hydrogen-bond acceptors (Lipinski definition) is 5. The molecule has 0 fully saturated rings. The van der Waals surface area contributed by atoms with Gasteiger partial charge in [-0.25, -0.2) is 9.07 Å². The Kier molecular flexibility index (Phi) is 7.92. The van der Waals surface area contributed by atoms with E-state index < -0.39 is 35.6 Å². The molecule has 1 heterocycles. The number of thioether (sulfide) groups is 1. The second-order valence-electron chi connectivity index (χ2n) is 7.12. The van der Waals surface area contributed by atoms with Gasteiger partial charge in [-0.1, -0.05) is 5.21 Å². The van der Waals surface area contributed by atoms with Crippen LogP contribution in [0.15, 0.2) is 42.5 Å². The standard InChI is InChI=1S/C22H21F4N5O2S/c1-3-27-20(32)13-4-7-16(8-5-13)31-18(12-34-2)19(29-30-31)21(33)28-11-14-10-15(23)6-9-17(14)22(24,25)26/h4-10H,3,11-12H2,1-2H3,(H,27,32)(H,28,33). The molecule has 0 aliphatic heterocycles. The summed E-state index contributed by atoms with van der Waals surface area (Å²) in [5.41, 5.74) is -0.0769. The van der Waals surface area contributed by atoms with Crippen molar-refractivity contribution in [3.05, 3.63) is 76.4 Å². The summed E-state index contributed by atoms with van der Waals surface area (Å²) < 4.78 is 54.6. The van der Waals surface area contributed by atoms with E-state index in [1.165, 1.54) is 16.4 Å². The minimum Gasteiger partial charge on any atom is -0.352 e. The van der Waals surface area contributed by atoms with Crippen molar-refractivity contribution in [2.24, 2.45) is 0 Å². The van der Waals surface area contributed by atoms with Crippen molar-refractivity contribution in [3.8, 4) is 5.69 Å². The molecule has 2 aromatic carbocycles. The number of rotatable bonds is 8. The van der Waals surface area contributed by atoms with Gasteiger partial charge in [0.1, 0.15) is 5.82 Å². The zero-order valence-corrected chi connectivity index (χ0v) is 19.1. The highest BCUT2D eigenvalue weighted by atomic mass is 32.2. The third-order valence-electron chi connectivity index (χ3n) is 4.78. The molecule has 180 valence electrons. The Balaban J connectivity index is 1.84. The van der Waals surface area contributed by atoms with Crippen molar-refractivity contribution >= 4 is 23.6 Å². The first kappa shape index (κ1) is 25.2. The number of benzene rings is 2. The lowest BCUT2D eigenvalue weighted by atomic mass is 10.1. The van der Waals surface area contributed by atoms with E-state index >= 15 is 0 Å². The number of halogens is 4. The molecule has 2 N–H and O–H groups in total. The van der Waals surface area contributed by atoms with Crippen LogP contribution in [0.5, 0.6) is 0 Å². The molecule has 0 aliphatic carbocycles. The molecule has 3 aromatic rings. The Morgan fingerprint density at radius 2 is 1.76 bits per heavy atom. The van der Waals surface area contributed by atoms with E-state index in [2.05, 4.69) is 20.9 Å². The first-order valence-electron chi connectivity index (χ1n) is 10.1. The molecule has 0 bridgehead atoms. The number of carbonyl (C=O) groups excluding carboxylic acids is 2. The number of nitrogens with one attached hydrogen (secondary N) is 2. The Morgan fingerprint density at radius 1 is 1.06 bits per heavy atom. The predicted octanol–water partition coefficient (Wildman–Crippen LogP) is 3.97. The predicted molar refractivity (Wildman–Crippen MR) is 119 cm³/mol. The zero-order valence-electron chi connectivity index (χ0n) is 18.2. The molecular weight excluding hydrogens is 474 g/mol. The average molecular weight is 496 g/mol. The second-order valence-corrected chi connectivity index (χ2v) is 7.98. The van der Waals surface area contributed by atoms with E-state index in [4.69, 9.17) is 0 Å². The lowest BCUT2D eigenvalue weighted by Gasteiger charge is -2.13. The van der Waals surface area contributed by atoms with E-state index in [9.17, 15) is 27.2 Å². The first-order chi connectivity index (χ1) is 16.2. The fraction of sp³-hybridized carbons (Fsp3) is 0.273. The van der Waals surface area contributed by atoms with Crippen LogP contribution in [0.3, 0.4) is 0 Å². The summed E-state index contributed by atoms with van der Waals surface area (Å²) in [7, 11) is 0. The zero-order chi connectivity index (χ0) is 24.9. The van der Waals surface area contributed by atoms with Crippen LogP contribution >= 0.6 is 11.8 Å². The van der Waals surface area contributed by atoms with E-state index in [1.807, 2.05) is 0 Å². The van der Waals surface area contributed by atoms with Crippen molar-refractivity contribution in [1.82, 2.24) is 25.6 Å². The van der Waals surface area contributed by atoms with Gasteiger partial charge in [-0.15, -0.1) is 5.10 Å². The van der Waals surface area contributed by atoms with Gasteiger partial charge < -0.3 is 10.6 Å². The summed E-state index contributed by atoms with van der Waals surface area (Å²) in [5.74, 6) is -1.48. The van der Waals surface area contributed by atoms with E-state index in [0.29, 0.717) is 41.4 Å². The molecule has 0 saturated heterocycles. The highest BCUT2D eigenvalue weighted by Crippen LogP contribution is 2.32. The largest absolute Gasteiger partial charge is 0.416 e. The summed E-state index contributed by atoms with van der Waals surface area (Å²) in [5, 5.41) is 13.0. The van der Waals surface area contributed by atoms with Gasteiger partial charge in [0.05, 0.1) is 16.9 Å². The molecule has 0 unspecified atom stereocenters. The summed E-state index contributed by atoms with van der Waals surface area (Å²) in [4.78, 5) is 24.7. The third kappa shape index (κ3) is 5.74. The monoisotopic (exact) mass is 495 g/mol. The summed E-state index contributed by atoms with van der Waals surface area (Å²) in [6, 6.07) is 8.59. The van der Waals surface area contributed by atoms with Crippen LogP contribution in [0.1, 0.15) is 44.6 Å². The summed E-state index contributed by atoms with van der Waals surface area (Å²) in [6.07, 6.45) is -2.89. The highest BCUT2D eigenvalue weighted by Gasteiger charge is 2.33. The van der Waals surface area contributed by atoms with Gasteiger partial charge >= 0.3 is 6.18 Å². The average Bonchev–Trinajstić information content (AvgIpc) is 3.21. The SMILES string of the molecule is CCNC(=O)c1ccc(-n2nnc(C(=O)NCc3cc(F)ccc3C(F)(F)F)c2CSC)cc1. The number of carbonyl (C=O) groups is 2. The van der Waals surface area contributed by atoms with Crippen molar-refractivity contribution in [3.63, 3.8) is 0 Å². The molecule has 12 heteroatoms. The normalized spacial score (nSPS) is 11.4. The molecule has 34 heavy (non-hydrogen) atoms. The molecular formula is C22H21F4N5O2S. The number of aromatic nitrogens is 3. The lowest BCUT2D eigenvalue weighted by Crippen LogP contribution is -2.26. The first-order valence-corrected chi connectivity index (χ1v) is 11.5. The van der Waals surface area contributed by atoms with Gasteiger partial charge in [0.25, 0.3) is 11.8 Å². The molecule has 2 amide bonds. The maximum absolute atomic E-state index is 13.5. The van der Waals surface area contributed by atoms with Crippen LogP contribution in [-0.2, 0) is 18.5 Å². The van der Waals surface area contributed by atoms with E-state index in [-0.39, 0.29) is 11.6 Å². The van der Waals surface area contributed by atoms with Crippen molar-refractivity contribution in [1.29, 1.82) is 0 Å². The fourth-order valence-electron chi connectivity index (χ4n) is 3.21. The Morgan fingerprint density at radius 3 is 2.38 bits per heavy atom. The molecule has 0 spiro atoms.